The lowest BCUT2D eigenvalue weighted by atomic mass is 9.85. The van der Waals surface area contributed by atoms with Crippen LogP contribution in [0.4, 0.5) is 0 Å². The largest absolute Gasteiger partial charge is 0.477 e. The highest BCUT2D eigenvalue weighted by Gasteiger charge is 2.54. The maximum absolute atomic E-state index is 11.9. The van der Waals surface area contributed by atoms with Gasteiger partial charge in [-0.1, -0.05) is 6.92 Å². The van der Waals surface area contributed by atoms with Crippen molar-refractivity contribution in [3.8, 4) is 0 Å². The summed E-state index contributed by atoms with van der Waals surface area (Å²) in [4.78, 5) is 25.5. The van der Waals surface area contributed by atoms with Crippen LogP contribution in [0.5, 0.6) is 0 Å². The molecule has 1 fully saturated rings. The van der Waals surface area contributed by atoms with Gasteiger partial charge in [0.15, 0.2) is 0 Å². The first-order valence-corrected chi connectivity index (χ1v) is 7.60. The Morgan fingerprint density at radius 3 is 2.84 bits per heavy atom. The van der Waals surface area contributed by atoms with E-state index in [9.17, 15) is 14.7 Å². The molecule has 2 aliphatic heterocycles. The number of rotatable bonds is 7. The van der Waals surface area contributed by atoms with Crippen LogP contribution < -0.4 is 0 Å². The summed E-state index contributed by atoms with van der Waals surface area (Å²) < 4.78 is 5.25. The Labute approximate surface area is 117 Å². The Hall–Kier alpha value is -1.01. The molecule has 5 nitrogen and oxygen atoms in total. The highest BCUT2D eigenvalue weighted by Crippen LogP contribution is 2.46. The summed E-state index contributed by atoms with van der Waals surface area (Å²) in [5, 5.41) is 9.29. The van der Waals surface area contributed by atoms with Crippen LogP contribution in [0, 0.1) is 5.92 Å². The standard InChI is InChI=1S/C13H19NO4S/c1-3-8-9-7-10(19-6-5-18-4-2)11(13(16)17)14(9)12(8)15/h8-9H,3-7H2,1-2H3,(H,16,17). The van der Waals surface area contributed by atoms with Gasteiger partial charge in [0.25, 0.3) is 0 Å². The predicted molar refractivity (Wildman–Crippen MR) is 72.6 cm³/mol. The minimum Gasteiger partial charge on any atom is -0.477 e. The van der Waals surface area contributed by atoms with Gasteiger partial charge in [0.05, 0.1) is 18.6 Å². The fraction of sp³-hybridized carbons (Fsp3) is 0.692. The molecule has 1 N–H and O–H groups in total. The number of thioether (sulfide) groups is 1. The first-order chi connectivity index (χ1) is 9.11. The molecule has 0 aromatic heterocycles. The van der Waals surface area contributed by atoms with E-state index in [0.717, 1.165) is 17.1 Å². The number of carbonyl (C=O) groups is 2. The van der Waals surface area contributed by atoms with Crippen molar-refractivity contribution in [2.75, 3.05) is 19.0 Å². The zero-order valence-corrected chi connectivity index (χ0v) is 12.0. The van der Waals surface area contributed by atoms with E-state index in [1.54, 1.807) is 0 Å². The molecule has 2 aliphatic rings. The molecule has 2 heterocycles. The average molecular weight is 285 g/mol. The average Bonchev–Trinajstić information content (AvgIpc) is 2.70. The minimum absolute atomic E-state index is 0.000609. The summed E-state index contributed by atoms with van der Waals surface area (Å²) in [6.07, 6.45) is 1.46. The lowest BCUT2D eigenvalue weighted by molar-refractivity contribution is -0.155. The molecule has 0 saturated carbocycles. The number of nitrogens with zero attached hydrogens (tertiary/aromatic N) is 1. The van der Waals surface area contributed by atoms with E-state index in [1.807, 2.05) is 13.8 Å². The van der Waals surface area contributed by atoms with Gasteiger partial charge in [-0.05, 0) is 13.3 Å². The number of fused-ring (bicyclic) bond motifs is 1. The van der Waals surface area contributed by atoms with Crippen molar-refractivity contribution in [3.05, 3.63) is 10.6 Å². The molecule has 2 atom stereocenters. The Kier molecular flexibility index (Phi) is 4.52. The van der Waals surface area contributed by atoms with Gasteiger partial charge in [0.1, 0.15) is 5.70 Å². The number of amides is 1. The molecular weight excluding hydrogens is 266 g/mol. The highest BCUT2D eigenvalue weighted by atomic mass is 32.2. The number of hydrogen-bond donors (Lipinski definition) is 1. The van der Waals surface area contributed by atoms with Crippen molar-refractivity contribution in [2.45, 2.75) is 32.7 Å². The zero-order valence-electron chi connectivity index (χ0n) is 11.2. The topological polar surface area (TPSA) is 66.8 Å². The van der Waals surface area contributed by atoms with Gasteiger partial charge in [-0.15, -0.1) is 11.8 Å². The van der Waals surface area contributed by atoms with Crippen LogP contribution in [0.25, 0.3) is 0 Å². The molecule has 0 aromatic carbocycles. The molecular formula is C13H19NO4S. The molecule has 106 valence electrons. The third kappa shape index (κ3) is 2.51. The van der Waals surface area contributed by atoms with Gasteiger partial charge >= 0.3 is 5.97 Å². The van der Waals surface area contributed by atoms with Gasteiger partial charge in [-0.3, -0.25) is 4.79 Å². The van der Waals surface area contributed by atoms with Crippen molar-refractivity contribution < 1.29 is 19.4 Å². The number of carbonyl (C=O) groups excluding carboxylic acids is 1. The number of ether oxygens (including phenoxy) is 1. The third-order valence-electron chi connectivity index (χ3n) is 3.60. The number of carboxylic acid groups (broad SMARTS) is 1. The van der Waals surface area contributed by atoms with Crippen LogP contribution in [0.2, 0.25) is 0 Å². The summed E-state index contributed by atoms with van der Waals surface area (Å²) >= 11 is 1.50. The lowest BCUT2D eigenvalue weighted by Crippen LogP contribution is -2.58. The second-order valence-corrected chi connectivity index (χ2v) is 5.81. The van der Waals surface area contributed by atoms with Crippen LogP contribution in [0.1, 0.15) is 26.7 Å². The van der Waals surface area contributed by atoms with Crippen molar-refractivity contribution >= 4 is 23.6 Å². The van der Waals surface area contributed by atoms with Gasteiger partial charge in [-0.2, -0.15) is 0 Å². The first-order valence-electron chi connectivity index (χ1n) is 6.61. The summed E-state index contributed by atoms with van der Waals surface area (Å²) in [7, 11) is 0. The highest BCUT2D eigenvalue weighted by molar-refractivity contribution is 8.03. The van der Waals surface area contributed by atoms with Crippen LogP contribution in [-0.4, -0.2) is 46.9 Å². The fourth-order valence-electron chi connectivity index (χ4n) is 2.70. The summed E-state index contributed by atoms with van der Waals surface area (Å²) in [6.45, 7) is 5.17. The molecule has 0 aromatic rings. The third-order valence-corrected chi connectivity index (χ3v) is 4.68. The quantitative estimate of drug-likeness (QED) is 0.569. The number of hydrogen-bond acceptors (Lipinski definition) is 4. The molecule has 0 spiro atoms. The van der Waals surface area contributed by atoms with E-state index in [0.29, 0.717) is 19.6 Å². The predicted octanol–water partition coefficient (Wildman–Crippen LogP) is 1.69. The van der Waals surface area contributed by atoms with E-state index < -0.39 is 5.97 Å². The maximum atomic E-state index is 11.9. The second kappa shape index (κ2) is 5.96. The van der Waals surface area contributed by atoms with E-state index in [1.165, 1.54) is 16.7 Å². The fourth-order valence-corrected chi connectivity index (χ4v) is 3.76. The van der Waals surface area contributed by atoms with E-state index in [4.69, 9.17) is 4.74 Å². The molecule has 6 heteroatoms. The molecule has 1 amide bonds. The van der Waals surface area contributed by atoms with Crippen LogP contribution in [0.15, 0.2) is 10.6 Å². The van der Waals surface area contributed by atoms with E-state index in [2.05, 4.69) is 0 Å². The van der Waals surface area contributed by atoms with Gasteiger partial charge < -0.3 is 14.7 Å². The maximum Gasteiger partial charge on any atom is 0.353 e. The van der Waals surface area contributed by atoms with E-state index >= 15 is 0 Å². The molecule has 2 unspecified atom stereocenters. The number of carboxylic acids is 1. The van der Waals surface area contributed by atoms with Crippen molar-refractivity contribution in [1.29, 1.82) is 0 Å². The molecule has 1 saturated heterocycles. The number of aliphatic carboxylic acids is 1. The molecule has 0 bridgehead atoms. The monoisotopic (exact) mass is 285 g/mol. The van der Waals surface area contributed by atoms with Crippen molar-refractivity contribution in [3.63, 3.8) is 0 Å². The zero-order chi connectivity index (χ0) is 14.0. The first kappa shape index (κ1) is 14.4. The SMILES string of the molecule is CCOCCSC1=C(C(=O)O)N2C(=O)C(CC)C2C1. The normalized spacial score (nSPS) is 25.6. The second-order valence-electron chi connectivity index (χ2n) is 4.62. The number of β-lactam (4-membered cyclic amide) rings is 1. The van der Waals surface area contributed by atoms with Crippen LogP contribution in [-0.2, 0) is 14.3 Å². The van der Waals surface area contributed by atoms with Crippen molar-refractivity contribution in [1.82, 2.24) is 4.90 Å². The van der Waals surface area contributed by atoms with E-state index in [-0.39, 0.29) is 23.6 Å². The molecule has 19 heavy (non-hydrogen) atoms. The summed E-state index contributed by atoms with van der Waals surface area (Å²) in [5.41, 5.74) is 0.196. The summed E-state index contributed by atoms with van der Waals surface area (Å²) in [5.74, 6) is -0.306. The Bertz CT molecular complexity index is 421. The Balaban J connectivity index is 2.04. The van der Waals surface area contributed by atoms with Gasteiger partial charge in [0.2, 0.25) is 5.91 Å². The van der Waals surface area contributed by atoms with Crippen LogP contribution in [0.3, 0.4) is 0 Å². The Morgan fingerprint density at radius 2 is 2.26 bits per heavy atom. The molecule has 0 aliphatic carbocycles. The minimum atomic E-state index is -0.996. The van der Waals surface area contributed by atoms with Gasteiger partial charge in [-0.25, -0.2) is 4.79 Å². The molecule has 0 radical (unpaired) electrons. The Morgan fingerprint density at radius 1 is 1.53 bits per heavy atom. The smallest absolute Gasteiger partial charge is 0.353 e. The summed E-state index contributed by atoms with van der Waals surface area (Å²) in [6, 6.07) is 0.0678. The van der Waals surface area contributed by atoms with Crippen molar-refractivity contribution in [2.24, 2.45) is 5.92 Å². The molecule has 2 rings (SSSR count). The lowest BCUT2D eigenvalue weighted by Gasteiger charge is -2.42. The van der Waals surface area contributed by atoms with Crippen LogP contribution >= 0.6 is 11.8 Å². The van der Waals surface area contributed by atoms with Gasteiger partial charge in [0, 0.05) is 23.7 Å².